The van der Waals surface area contributed by atoms with Crippen molar-refractivity contribution >= 4 is 38.8 Å². The van der Waals surface area contributed by atoms with Gasteiger partial charge in [0, 0.05) is 71.7 Å². The molecule has 3 aromatic heterocycles. The molecule has 0 aliphatic carbocycles. The van der Waals surface area contributed by atoms with Crippen LogP contribution in [0.4, 0.5) is 11.4 Å². The van der Waals surface area contributed by atoms with E-state index in [4.69, 9.17) is 4.74 Å². The molecule has 330 valence electrons. The van der Waals surface area contributed by atoms with E-state index in [0.29, 0.717) is 11.5 Å². The second kappa shape index (κ2) is 16.7. The number of benzene rings is 4. The largest absolute Gasteiger partial charge is 0.509 e. The predicted octanol–water partition coefficient (Wildman–Crippen LogP) is 14.4. The number of ether oxygens (including phenoxy) is 1. The van der Waals surface area contributed by atoms with Crippen molar-refractivity contribution in [2.75, 3.05) is 9.80 Å². The molecule has 0 saturated carbocycles. The first-order chi connectivity index (χ1) is 28.3. The van der Waals surface area contributed by atoms with Gasteiger partial charge in [-0.25, -0.2) is 9.50 Å². The molecule has 1 N–H and O–H groups in total. The third-order valence-electron chi connectivity index (χ3n) is 11.3. The Morgan fingerprint density at radius 1 is 0.581 bits per heavy atom. The predicted molar refractivity (Wildman–Crippen MR) is 255 cm³/mol. The zero-order chi connectivity index (χ0) is 44.4. The number of pyridine rings is 1. The third kappa shape index (κ3) is 9.69. The molecule has 0 amide bonds. The van der Waals surface area contributed by atoms with Gasteiger partial charge in [0.2, 0.25) is 0 Å². The molecule has 0 spiro atoms. The Labute approximate surface area is 385 Å². The molecule has 1 aliphatic heterocycles. The standard InChI is InChI=1S/C47H58N3O.C7H7N3.Pt/c1-43(2,3)30-22-31(44(4,5)6)24-33(23-30)49-29-50(42(47(13,14)15)41(49)46(10,11)12)34-25-32(45(7,8)9)26-36(27-34)51-35-20-21-38-37-18-16-17-19-39(37)48-40(38)28-35;1-6-3-2-4-7-8-5-9-10(6)7;/h16-26,29,48H,1-15H3;2-5H,1H3;/q-3;;. The van der Waals surface area contributed by atoms with Gasteiger partial charge in [-0.1, -0.05) is 140 Å². The summed E-state index contributed by atoms with van der Waals surface area (Å²) in [5.74, 6) is 1.33. The number of rotatable bonds is 4. The van der Waals surface area contributed by atoms with Gasteiger partial charge in [-0.05, 0) is 70.0 Å². The van der Waals surface area contributed by atoms with E-state index >= 15 is 0 Å². The van der Waals surface area contributed by atoms with Crippen molar-refractivity contribution in [3.8, 4) is 11.5 Å². The van der Waals surface area contributed by atoms with E-state index in [2.05, 4.69) is 208 Å². The topological polar surface area (TPSA) is 61.7 Å². The zero-order valence-corrected chi connectivity index (χ0v) is 42.0. The SMILES string of the molecule is CC(C)(C)C1=C(C(C)(C)C)N(c2cc(C(C)(C)C)cc(C(C)(C)C)c2)[CH-]N1c1[c-]c(Oc2[c-]c3[nH]c4ccccc4c3cc2)cc(C(C)(C)C)c1.Cc1cccc2ncnn12.[Pt]. The minimum absolute atomic E-state index is 0. The van der Waals surface area contributed by atoms with Gasteiger partial charge in [-0.2, -0.15) is 11.2 Å². The monoisotopic (exact) mass is 1010 g/mol. The number of para-hydroxylation sites is 1. The number of hydrogen-bond acceptors (Lipinski definition) is 5. The molecule has 1 aliphatic rings. The number of allylic oxidation sites excluding steroid dienone is 2. The maximum Gasteiger partial charge on any atom is 0.155 e. The van der Waals surface area contributed by atoms with Crippen LogP contribution in [0.1, 0.15) is 126 Å². The summed E-state index contributed by atoms with van der Waals surface area (Å²) in [5.41, 5.74) is 12.1. The Hall–Kier alpha value is -4.87. The summed E-state index contributed by atoms with van der Waals surface area (Å²) in [6.07, 6.45) is 1.56. The molecule has 0 atom stereocenters. The number of anilines is 2. The Balaban J connectivity index is 0.000000508. The van der Waals surface area contributed by atoms with Crippen molar-refractivity contribution < 1.29 is 25.8 Å². The van der Waals surface area contributed by atoms with E-state index in [9.17, 15) is 0 Å². The minimum atomic E-state index is -0.177. The number of H-pyrrole nitrogens is 1. The molecular weight excluding hydrogens is 944 g/mol. The first-order valence-electron chi connectivity index (χ1n) is 21.6. The van der Waals surface area contributed by atoms with Crippen molar-refractivity contribution in [3.05, 3.63) is 144 Å². The summed E-state index contributed by atoms with van der Waals surface area (Å²) in [6.45, 7) is 38.9. The maximum absolute atomic E-state index is 6.65. The average molecular weight is 1010 g/mol. The molecule has 7 nitrogen and oxygen atoms in total. The number of aromatic amines is 1. The van der Waals surface area contributed by atoms with Crippen LogP contribution in [-0.4, -0.2) is 19.6 Å². The fourth-order valence-electron chi connectivity index (χ4n) is 7.95. The number of nitrogens with one attached hydrogen (secondary N) is 1. The first kappa shape index (κ1) is 46.6. The molecule has 0 unspecified atom stereocenters. The fraction of sp³-hybridized carbons (Fsp3) is 0.389. The van der Waals surface area contributed by atoms with Crippen LogP contribution in [-0.2, 0) is 37.3 Å². The van der Waals surface area contributed by atoms with E-state index in [0.717, 1.165) is 33.4 Å². The van der Waals surface area contributed by atoms with Crippen LogP contribution in [0, 0.1) is 36.6 Å². The second-order valence-electron chi connectivity index (χ2n) is 21.8. The smallest absolute Gasteiger partial charge is 0.155 e. The van der Waals surface area contributed by atoms with Crippen LogP contribution in [0.2, 0.25) is 0 Å². The van der Waals surface area contributed by atoms with Crippen molar-refractivity contribution in [2.24, 2.45) is 10.8 Å². The van der Waals surface area contributed by atoms with Crippen LogP contribution in [0.15, 0.2) is 103 Å². The molecule has 4 heterocycles. The molecule has 8 rings (SSSR count). The molecule has 7 aromatic rings. The second-order valence-corrected chi connectivity index (χ2v) is 21.8. The van der Waals surface area contributed by atoms with Gasteiger partial charge in [-0.3, -0.25) is 0 Å². The molecular formula is C54H65N6OPt-3. The first-order valence-corrected chi connectivity index (χ1v) is 21.6. The Morgan fingerprint density at radius 3 is 1.77 bits per heavy atom. The van der Waals surface area contributed by atoms with Gasteiger partial charge < -0.3 is 19.5 Å². The summed E-state index contributed by atoms with van der Waals surface area (Å²) < 4.78 is 8.46. The van der Waals surface area contributed by atoms with Gasteiger partial charge in [-0.15, -0.1) is 53.6 Å². The van der Waals surface area contributed by atoms with E-state index in [1.54, 1.807) is 10.8 Å². The molecule has 62 heavy (non-hydrogen) atoms. The Bertz CT molecular complexity index is 2720. The molecule has 8 heteroatoms. The van der Waals surface area contributed by atoms with Crippen molar-refractivity contribution in [1.29, 1.82) is 0 Å². The van der Waals surface area contributed by atoms with Crippen LogP contribution >= 0.6 is 0 Å². The molecule has 0 bridgehead atoms. The van der Waals surface area contributed by atoms with Crippen LogP contribution in [0.3, 0.4) is 0 Å². The van der Waals surface area contributed by atoms with Crippen LogP contribution in [0.25, 0.3) is 27.5 Å². The molecule has 4 aromatic carbocycles. The third-order valence-corrected chi connectivity index (χ3v) is 11.3. The van der Waals surface area contributed by atoms with E-state index < -0.39 is 0 Å². The van der Waals surface area contributed by atoms with Crippen LogP contribution in [0.5, 0.6) is 11.5 Å². The summed E-state index contributed by atoms with van der Waals surface area (Å²) in [4.78, 5) is 12.4. The van der Waals surface area contributed by atoms with Crippen LogP contribution < -0.4 is 14.5 Å². The summed E-state index contributed by atoms with van der Waals surface area (Å²) in [6, 6.07) is 37.2. The van der Waals surface area contributed by atoms with E-state index in [1.165, 1.54) is 39.2 Å². The summed E-state index contributed by atoms with van der Waals surface area (Å²) >= 11 is 0. The Morgan fingerprint density at radius 2 is 1.18 bits per heavy atom. The van der Waals surface area contributed by atoms with E-state index in [1.807, 2.05) is 31.2 Å². The van der Waals surface area contributed by atoms with Crippen molar-refractivity contribution in [1.82, 2.24) is 19.6 Å². The number of aromatic nitrogens is 4. The Kier molecular flexibility index (Phi) is 12.5. The van der Waals surface area contributed by atoms with Crippen molar-refractivity contribution in [3.63, 3.8) is 0 Å². The maximum atomic E-state index is 6.65. The average Bonchev–Trinajstić information content (AvgIpc) is 3.90. The van der Waals surface area contributed by atoms with Gasteiger partial charge in [0.15, 0.2) is 5.65 Å². The minimum Gasteiger partial charge on any atom is -0.509 e. The number of nitrogens with zero attached hydrogens (tertiary/aromatic N) is 5. The quantitative estimate of drug-likeness (QED) is 0.178. The van der Waals surface area contributed by atoms with E-state index in [-0.39, 0.29) is 48.1 Å². The van der Waals surface area contributed by atoms with Gasteiger partial charge in [0.25, 0.3) is 0 Å². The molecule has 0 fully saturated rings. The molecule has 0 radical (unpaired) electrons. The van der Waals surface area contributed by atoms with Gasteiger partial charge in [0.1, 0.15) is 6.33 Å². The number of hydrogen-bond donors (Lipinski definition) is 1. The number of aryl methyl sites for hydroxylation is 1. The summed E-state index contributed by atoms with van der Waals surface area (Å²) in [7, 11) is 0. The van der Waals surface area contributed by atoms with Gasteiger partial charge in [0.05, 0.1) is 0 Å². The van der Waals surface area contributed by atoms with Gasteiger partial charge >= 0.3 is 0 Å². The fourth-order valence-corrected chi connectivity index (χ4v) is 7.95. The number of fused-ring (bicyclic) bond motifs is 4. The normalized spacial score (nSPS) is 14.1. The molecule has 0 saturated heterocycles. The van der Waals surface area contributed by atoms with Crippen molar-refractivity contribution in [2.45, 2.75) is 127 Å². The zero-order valence-electron chi connectivity index (χ0n) is 39.7. The summed E-state index contributed by atoms with van der Waals surface area (Å²) in [5, 5.41) is 6.35.